The predicted molar refractivity (Wildman–Crippen MR) is 228 cm³/mol. The van der Waals surface area contributed by atoms with Crippen molar-refractivity contribution >= 4 is 17.9 Å². The van der Waals surface area contributed by atoms with Crippen molar-refractivity contribution in [2.24, 2.45) is 0 Å². The summed E-state index contributed by atoms with van der Waals surface area (Å²) < 4.78 is 16.6. The second kappa shape index (κ2) is 42.6. The van der Waals surface area contributed by atoms with Gasteiger partial charge >= 0.3 is 17.9 Å². The highest BCUT2D eigenvalue weighted by Gasteiger charge is 2.19. The maximum Gasteiger partial charge on any atom is 0.306 e. The van der Waals surface area contributed by atoms with Crippen LogP contribution in [0.25, 0.3) is 0 Å². The number of rotatable bonds is 38. The number of ether oxygens (including phenoxy) is 3. The molecule has 0 bridgehead atoms. The van der Waals surface area contributed by atoms with E-state index in [9.17, 15) is 14.4 Å². The highest BCUT2D eigenvalue weighted by molar-refractivity contribution is 5.71. The third kappa shape index (κ3) is 40.0. The van der Waals surface area contributed by atoms with Gasteiger partial charge in [0.2, 0.25) is 0 Å². The van der Waals surface area contributed by atoms with Gasteiger partial charge in [-0.1, -0.05) is 190 Å². The van der Waals surface area contributed by atoms with Crippen molar-refractivity contribution in [1.82, 2.24) is 0 Å². The number of esters is 3. The van der Waals surface area contributed by atoms with E-state index in [2.05, 4.69) is 45.1 Å². The lowest BCUT2D eigenvalue weighted by Gasteiger charge is -2.18. The third-order valence-corrected chi connectivity index (χ3v) is 9.07. The Bertz CT molecular complexity index is 1050. The van der Waals surface area contributed by atoms with Gasteiger partial charge in [0.25, 0.3) is 0 Å². The molecule has 0 N–H and O–H groups in total. The van der Waals surface area contributed by atoms with Crippen LogP contribution in [0.4, 0.5) is 0 Å². The van der Waals surface area contributed by atoms with Gasteiger partial charge in [-0.2, -0.15) is 0 Å². The Balaban J connectivity index is 4.47. The van der Waals surface area contributed by atoms with Gasteiger partial charge in [-0.05, 0) is 57.8 Å². The van der Waals surface area contributed by atoms with E-state index >= 15 is 0 Å². The lowest BCUT2D eigenvalue weighted by atomic mass is 10.1. The first-order chi connectivity index (χ1) is 26.5. The zero-order chi connectivity index (χ0) is 39.4. The summed E-state index contributed by atoms with van der Waals surface area (Å²) in [7, 11) is 0. The van der Waals surface area contributed by atoms with Gasteiger partial charge in [-0.25, -0.2) is 0 Å². The zero-order valence-corrected chi connectivity index (χ0v) is 35.0. The quantitative estimate of drug-likeness (QED) is 0.0205. The van der Waals surface area contributed by atoms with Crippen LogP contribution >= 0.6 is 0 Å². The second-order valence-electron chi connectivity index (χ2n) is 14.3. The highest BCUT2D eigenvalue weighted by Crippen LogP contribution is 2.14. The SMILES string of the molecule is CC\C=C/C=C\C=C/C=C\C=C/CCCCCC(=O)OCC(COC(=O)CCCCCC/C=C\CCCC)OC(=O)CCCCCCCCCCCCC. The van der Waals surface area contributed by atoms with E-state index in [1.807, 2.05) is 48.6 Å². The van der Waals surface area contributed by atoms with Crippen LogP contribution < -0.4 is 0 Å². The van der Waals surface area contributed by atoms with E-state index in [1.165, 1.54) is 64.2 Å². The summed E-state index contributed by atoms with van der Waals surface area (Å²) in [5.41, 5.74) is 0. The number of hydrogen-bond acceptors (Lipinski definition) is 6. The van der Waals surface area contributed by atoms with Gasteiger partial charge < -0.3 is 14.2 Å². The number of carbonyl (C=O) groups excluding carboxylic acids is 3. The van der Waals surface area contributed by atoms with Crippen LogP contribution in [0, 0.1) is 0 Å². The van der Waals surface area contributed by atoms with E-state index in [1.54, 1.807) is 0 Å². The molecule has 0 spiro atoms. The van der Waals surface area contributed by atoms with Gasteiger partial charge in [-0.3, -0.25) is 14.4 Å². The van der Waals surface area contributed by atoms with Gasteiger partial charge in [0, 0.05) is 19.3 Å². The van der Waals surface area contributed by atoms with Crippen molar-refractivity contribution < 1.29 is 28.6 Å². The first-order valence-electron chi connectivity index (χ1n) is 22.0. The zero-order valence-electron chi connectivity index (χ0n) is 35.0. The van der Waals surface area contributed by atoms with Gasteiger partial charge in [0.1, 0.15) is 13.2 Å². The van der Waals surface area contributed by atoms with E-state index in [0.717, 1.165) is 89.9 Å². The number of unbranched alkanes of at least 4 members (excludes halogenated alkanes) is 19. The van der Waals surface area contributed by atoms with E-state index in [-0.39, 0.29) is 31.1 Å². The molecule has 0 aromatic heterocycles. The fourth-order valence-corrected chi connectivity index (χ4v) is 5.74. The Morgan fingerprint density at radius 3 is 1.26 bits per heavy atom. The Hall–Kier alpha value is -3.15. The average Bonchev–Trinajstić information content (AvgIpc) is 3.17. The molecule has 0 fully saturated rings. The van der Waals surface area contributed by atoms with Crippen molar-refractivity contribution in [3.63, 3.8) is 0 Å². The molecule has 0 aromatic carbocycles. The van der Waals surface area contributed by atoms with E-state index < -0.39 is 6.10 Å². The van der Waals surface area contributed by atoms with Gasteiger partial charge in [0.05, 0.1) is 0 Å². The first kappa shape index (κ1) is 50.9. The largest absolute Gasteiger partial charge is 0.462 e. The Morgan fingerprint density at radius 2 is 0.759 bits per heavy atom. The lowest BCUT2D eigenvalue weighted by Crippen LogP contribution is -2.30. The van der Waals surface area contributed by atoms with Gasteiger partial charge in [0.15, 0.2) is 6.10 Å². The van der Waals surface area contributed by atoms with Crippen molar-refractivity contribution in [3.05, 3.63) is 72.9 Å². The van der Waals surface area contributed by atoms with E-state index in [0.29, 0.717) is 19.3 Å². The van der Waals surface area contributed by atoms with Crippen LogP contribution in [0.1, 0.15) is 194 Å². The first-order valence-corrected chi connectivity index (χ1v) is 22.0. The molecule has 0 radical (unpaired) electrons. The normalized spacial score (nSPS) is 12.7. The minimum Gasteiger partial charge on any atom is -0.462 e. The van der Waals surface area contributed by atoms with Crippen LogP contribution in [0.2, 0.25) is 0 Å². The van der Waals surface area contributed by atoms with Crippen LogP contribution in [0.15, 0.2) is 72.9 Å². The summed E-state index contributed by atoms with van der Waals surface area (Å²) in [6.45, 7) is 6.37. The molecule has 6 nitrogen and oxygen atoms in total. The van der Waals surface area contributed by atoms with Crippen LogP contribution in [-0.2, 0) is 28.6 Å². The van der Waals surface area contributed by atoms with Crippen LogP contribution in [0.3, 0.4) is 0 Å². The fraction of sp³-hybridized carbons (Fsp3) is 0.688. The number of hydrogen-bond donors (Lipinski definition) is 0. The summed E-state index contributed by atoms with van der Waals surface area (Å²) in [5, 5.41) is 0. The summed E-state index contributed by atoms with van der Waals surface area (Å²) in [5.74, 6) is -0.958. The molecular weight excluding hydrogens is 673 g/mol. The molecule has 0 saturated carbocycles. The highest BCUT2D eigenvalue weighted by atomic mass is 16.6. The second-order valence-corrected chi connectivity index (χ2v) is 14.3. The lowest BCUT2D eigenvalue weighted by molar-refractivity contribution is -0.167. The molecule has 1 atom stereocenters. The van der Waals surface area contributed by atoms with Gasteiger partial charge in [-0.15, -0.1) is 0 Å². The summed E-state index contributed by atoms with van der Waals surface area (Å²) in [6.07, 6.45) is 51.7. The molecule has 1 unspecified atom stereocenters. The standard InChI is InChI=1S/C48H80O6/c1-4-7-10-13-16-19-22-23-24-25-27-29-32-35-38-41-47(50)53-44-45(43-52-46(49)40-37-34-31-28-21-18-15-12-9-6-3)54-48(51)42-39-36-33-30-26-20-17-14-11-8-5-2/h7,10,13,15-16,18-19,22-25,27,45H,4-6,8-9,11-12,14,17,20-21,26,28-44H2,1-3H3/b10-7-,16-13-,18-15-,22-19-,24-23-,27-25-. The van der Waals surface area contributed by atoms with Crippen molar-refractivity contribution in [1.29, 1.82) is 0 Å². The summed E-state index contributed by atoms with van der Waals surface area (Å²) >= 11 is 0. The minimum absolute atomic E-state index is 0.0950. The van der Waals surface area contributed by atoms with Crippen molar-refractivity contribution in [3.8, 4) is 0 Å². The number of allylic oxidation sites excluding steroid dienone is 12. The molecule has 54 heavy (non-hydrogen) atoms. The predicted octanol–water partition coefficient (Wildman–Crippen LogP) is 13.9. The molecule has 0 rings (SSSR count). The van der Waals surface area contributed by atoms with Crippen molar-refractivity contribution in [2.75, 3.05) is 13.2 Å². The fourth-order valence-electron chi connectivity index (χ4n) is 5.74. The molecular formula is C48H80O6. The third-order valence-electron chi connectivity index (χ3n) is 9.07. The molecule has 0 saturated heterocycles. The number of carbonyl (C=O) groups is 3. The van der Waals surface area contributed by atoms with Crippen molar-refractivity contribution in [2.45, 2.75) is 200 Å². The topological polar surface area (TPSA) is 78.9 Å². The minimum atomic E-state index is -0.792. The van der Waals surface area contributed by atoms with Crippen LogP contribution in [-0.4, -0.2) is 37.2 Å². The van der Waals surface area contributed by atoms with Crippen LogP contribution in [0.5, 0.6) is 0 Å². The summed E-state index contributed by atoms with van der Waals surface area (Å²) in [6, 6.07) is 0. The molecule has 308 valence electrons. The maximum absolute atomic E-state index is 12.7. The summed E-state index contributed by atoms with van der Waals surface area (Å²) in [4.78, 5) is 37.6. The molecule has 0 aliphatic carbocycles. The monoisotopic (exact) mass is 753 g/mol. The molecule has 0 heterocycles. The molecule has 0 amide bonds. The Kier molecular flexibility index (Phi) is 40.1. The average molecular weight is 753 g/mol. The molecule has 0 aliphatic rings. The maximum atomic E-state index is 12.7. The smallest absolute Gasteiger partial charge is 0.306 e. The Labute approximate surface area is 332 Å². The molecule has 6 heteroatoms. The molecule has 0 aliphatic heterocycles. The Morgan fingerprint density at radius 1 is 0.389 bits per heavy atom. The molecule has 0 aromatic rings. The van der Waals surface area contributed by atoms with E-state index in [4.69, 9.17) is 14.2 Å².